The Morgan fingerprint density at radius 3 is 2.84 bits per heavy atom. The summed E-state index contributed by atoms with van der Waals surface area (Å²) in [5.74, 6) is 0.837. The van der Waals surface area contributed by atoms with Crippen LogP contribution in [0, 0.1) is 0 Å². The van der Waals surface area contributed by atoms with Gasteiger partial charge in [-0.25, -0.2) is 0 Å². The molecule has 1 fully saturated rings. The van der Waals surface area contributed by atoms with Crippen molar-refractivity contribution in [3.63, 3.8) is 0 Å². The highest BCUT2D eigenvalue weighted by Crippen LogP contribution is 2.29. The molecule has 1 unspecified atom stereocenters. The maximum atomic E-state index is 8.87. The molecule has 0 saturated carbocycles. The van der Waals surface area contributed by atoms with Crippen molar-refractivity contribution < 1.29 is 14.7 Å². The van der Waals surface area contributed by atoms with Crippen molar-refractivity contribution in [2.24, 2.45) is 10.9 Å². The summed E-state index contributed by atoms with van der Waals surface area (Å²) in [4.78, 5) is 2.16. The third-order valence-corrected chi connectivity index (χ3v) is 3.41. The largest absolute Gasteiger partial charge is 0.497 e. The van der Waals surface area contributed by atoms with Gasteiger partial charge in [-0.2, -0.15) is 0 Å². The number of nitrogens with two attached hydrogens (primary N) is 1. The lowest BCUT2D eigenvalue weighted by Crippen LogP contribution is -2.26. The molecule has 1 aromatic rings. The molecular weight excluding hydrogens is 246 g/mol. The summed E-state index contributed by atoms with van der Waals surface area (Å²) in [6, 6.07) is 5.48. The van der Waals surface area contributed by atoms with Gasteiger partial charge in [0.1, 0.15) is 5.75 Å². The number of nitrogens with zero attached hydrogens (tertiary/aromatic N) is 2. The van der Waals surface area contributed by atoms with E-state index in [9.17, 15) is 0 Å². The molecule has 0 aromatic heterocycles. The van der Waals surface area contributed by atoms with Crippen molar-refractivity contribution in [1.29, 1.82) is 0 Å². The van der Waals surface area contributed by atoms with Crippen LogP contribution in [0.25, 0.3) is 0 Å². The van der Waals surface area contributed by atoms with E-state index in [2.05, 4.69) is 10.1 Å². The van der Waals surface area contributed by atoms with Crippen molar-refractivity contribution in [1.82, 2.24) is 0 Å². The fourth-order valence-electron chi connectivity index (χ4n) is 2.31. The molecular formula is C13H19N3O3. The summed E-state index contributed by atoms with van der Waals surface area (Å²) >= 11 is 0. The predicted molar refractivity (Wildman–Crippen MR) is 73.1 cm³/mol. The number of amidine groups is 1. The Balaban J connectivity index is 2.36. The number of benzene rings is 1. The number of hydrogen-bond donors (Lipinski definition) is 2. The molecule has 1 heterocycles. The zero-order chi connectivity index (χ0) is 13.8. The summed E-state index contributed by atoms with van der Waals surface area (Å²) in [6.45, 7) is 1.66. The van der Waals surface area contributed by atoms with E-state index < -0.39 is 0 Å². The Morgan fingerprint density at radius 2 is 2.26 bits per heavy atom. The van der Waals surface area contributed by atoms with Gasteiger partial charge >= 0.3 is 0 Å². The molecule has 0 spiro atoms. The topological polar surface area (TPSA) is 80.3 Å². The average molecular weight is 265 g/mol. The molecule has 6 heteroatoms. The fraction of sp³-hybridized carbons (Fsp3) is 0.462. The molecule has 0 bridgehead atoms. The Labute approximate surface area is 112 Å². The quantitative estimate of drug-likeness (QED) is 0.367. The van der Waals surface area contributed by atoms with Crippen LogP contribution in [0.5, 0.6) is 5.75 Å². The van der Waals surface area contributed by atoms with E-state index in [0.717, 1.165) is 30.9 Å². The van der Waals surface area contributed by atoms with Gasteiger partial charge in [0.2, 0.25) is 0 Å². The van der Waals surface area contributed by atoms with Crippen LogP contribution in [0.3, 0.4) is 0 Å². The van der Waals surface area contributed by atoms with Gasteiger partial charge in [0.05, 0.1) is 18.9 Å². The minimum atomic E-state index is 0.0959. The highest BCUT2D eigenvalue weighted by Gasteiger charge is 2.25. The van der Waals surface area contributed by atoms with E-state index in [0.29, 0.717) is 5.56 Å². The van der Waals surface area contributed by atoms with Gasteiger partial charge in [0.25, 0.3) is 0 Å². The summed E-state index contributed by atoms with van der Waals surface area (Å²) in [6.07, 6.45) is 1.18. The first kappa shape index (κ1) is 13.5. The van der Waals surface area contributed by atoms with Crippen molar-refractivity contribution in [2.75, 3.05) is 32.2 Å². The van der Waals surface area contributed by atoms with Crippen LogP contribution in [0.2, 0.25) is 0 Å². The Kier molecular flexibility index (Phi) is 4.11. The first-order chi connectivity index (χ1) is 9.19. The lowest BCUT2D eigenvalue weighted by molar-refractivity contribution is 0.121. The number of rotatable bonds is 4. The standard InChI is InChI=1S/C13H19N3O3/c1-18-9-3-4-11(13(14)15-17)12(7-9)16-6-5-10(8-16)19-2/h3-4,7,10,17H,5-6,8H2,1-2H3,(H2,14,15). The molecule has 1 saturated heterocycles. The van der Waals surface area contributed by atoms with Crippen molar-refractivity contribution in [3.8, 4) is 5.75 Å². The zero-order valence-electron chi connectivity index (χ0n) is 11.2. The zero-order valence-corrected chi connectivity index (χ0v) is 11.2. The van der Waals surface area contributed by atoms with E-state index in [-0.39, 0.29) is 11.9 Å². The Bertz CT molecular complexity index is 476. The maximum Gasteiger partial charge on any atom is 0.172 e. The summed E-state index contributed by atoms with van der Waals surface area (Å²) in [7, 11) is 3.33. The molecule has 0 amide bonds. The van der Waals surface area contributed by atoms with Gasteiger partial charge in [-0.05, 0) is 18.6 Å². The second-order valence-electron chi connectivity index (χ2n) is 4.46. The molecule has 2 rings (SSSR count). The van der Waals surface area contributed by atoms with E-state index >= 15 is 0 Å². The van der Waals surface area contributed by atoms with E-state index in [1.54, 1.807) is 26.4 Å². The molecule has 0 aliphatic carbocycles. The van der Waals surface area contributed by atoms with Crippen molar-refractivity contribution in [2.45, 2.75) is 12.5 Å². The molecule has 0 radical (unpaired) electrons. The maximum absolute atomic E-state index is 8.87. The van der Waals surface area contributed by atoms with Gasteiger partial charge in [-0.1, -0.05) is 5.16 Å². The van der Waals surface area contributed by atoms with Crippen LogP contribution in [-0.4, -0.2) is 44.5 Å². The van der Waals surface area contributed by atoms with Gasteiger partial charge in [0.15, 0.2) is 5.84 Å². The first-order valence-electron chi connectivity index (χ1n) is 6.13. The fourth-order valence-corrected chi connectivity index (χ4v) is 2.31. The van der Waals surface area contributed by atoms with Gasteiger partial charge in [-0.3, -0.25) is 0 Å². The molecule has 3 N–H and O–H groups in total. The van der Waals surface area contributed by atoms with Gasteiger partial charge in [-0.15, -0.1) is 0 Å². The predicted octanol–water partition coefficient (Wildman–Crippen LogP) is 1.01. The van der Waals surface area contributed by atoms with E-state index in [1.165, 1.54) is 0 Å². The molecule has 104 valence electrons. The van der Waals surface area contributed by atoms with Crippen LogP contribution in [0.1, 0.15) is 12.0 Å². The third-order valence-electron chi connectivity index (χ3n) is 3.41. The normalized spacial score (nSPS) is 19.8. The number of hydrogen-bond acceptors (Lipinski definition) is 5. The monoisotopic (exact) mass is 265 g/mol. The molecule has 19 heavy (non-hydrogen) atoms. The number of oxime groups is 1. The Morgan fingerprint density at radius 1 is 1.47 bits per heavy atom. The lowest BCUT2D eigenvalue weighted by atomic mass is 10.1. The van der Waals surface area contributed by atoms with Crippen molar-refractivity contribution >= 4 is 11.5 Å². The minimum absolute atomic E-state index is 0.0959. The summed E-state index contributed by atoms with van der Waals surface area (Å²) in [5.41, 5.74) is 7.31. The van der Waals surface area contributed by atoms with Gasteiger partial charge in [0, 0.05) is 31.8 Å². The van der Waals surface area contributed by atoms with Crippen LogP contribution >= 0.6 is 0 Å². The average Bonchev–Trinajstić information content (AvgIpc) is 2.94. The van der Waals surface area contributed by atoms with Crippen LogP contribution in [0.4, 0.5) is 5.69 Å². The lowest BCUT2D eigenvalue weighted by Gasteiger charge is -2.22. The number of methoxy groups -OCH3 is 2. The molecule has 1 atom stereocenters. The van der Waals surface area contributed by atoms with Crippen LogP contribution < -0.4 is 15.4 Å². The number of anilines is 1. The molecule has 1 aromatic carbocycles. The molecule has 1 aliphatic rings. The molecule has 1 aliphatic heterocycles. The van der Waals surface area contributed by atoms with Gasteiger partial charge < -0.3 is 25.3 Å². The minimum Gasteiger partial charge on any atom is -0.497 e. The first-order valence-corrected chi connectivity index (χ1v) is 6.13. The van der Waals surface area contributed by atoms with Crippen molar-refractivity contribution in [3.05, 3.63) is 23.8 Å². The third kappa shape index (κ3) is 2.73. The Hall–Kier alpha value is -1.95. The second-order valence-corrected chi connectivity index (χ2v) is 4.46. The summed E-state index contributed by atoms with van der Waals surface area (Å²) in [5, 5.41) is 11.9. The smallest absolute Gasteiger partial charge is 0.172 e. The second kappa shape index (κ2) is 5.79. The van der Waals surface area contributed by atoms with E-state index in [4.69, 9.17) is 20.4 Å². The molecule has 6 nitrogen and oxygen atoms in total. The number of ether oxygens (including phenoxy) is 2. The SMILES string of the molecule is COc1ccc(/C(N)=N/O)c(N2CCC(OC)C2)c1. The van der Waals surface area contributed by atoms with Crippen LogP contribution in [-0.2, 0) is 4.74 Å². The highest BCUT2D eigenvalue weighted by molar-refractivity contribution is 6.02. The summed E-state index contributed by atoms with van der Waals surface area (Å²) < 4.78 is 10.6. The highest BCUT2D eigenvalue weighted by atomic mass is 16.5. The van der Waals surface area contributed by atoms with E-state index in [1.807, 2.05) is 6.07 Å². The van der Waals surface area contributed by atoms with Crippen LogP contribution in [0.15, 0.2) is 23.4 Å².